The number of aromatic hydroxyl groups is 1. The molecular formula is C17H23N3O5S. The van der Waals surface area contributed by atoms with Crippen molar-refractivity contribution in [1.29, 1.82) is 0 Å². The van der Waals surface area contributed by atoms with Crippen LogP contribution in [0.3, 0.4) is 0 Å². The molecule has 0 radical (unpaired) electrons. The van der Waals surface area contributed by atoms with Crippen LogP contribution in [0.1, 0.15) is 38.2 Å². The van der Waals surface area contributed by atoms with Gasteiger partial charge in [0.1, 0.15) is 11.4 Å². The second-order valence-corrected chi connectivity index (χ2v) is 8.34. The largest absolute Gasteiger partial charge is 0.506 e. The van der Waals surface area contributed by atoms with Gasteiger partial charge < -0.3 is 15.5 Å². The van der Waals surface area contributed by atoms with E-state index in [9.17, 15) is 23.4 Å². The molecule has 0 unspecified atom stereocenters. The van der Waals surface area contributed by atoms with Gasteiger partial charge in [-0.3, -0.25) is 4.79 Å². The van der Waals surface area contributed by atoms with E-state index < -0.39 is 16.1 Å². The minimum Gasteiger partial charge on any atom is -0.506 e. The van der Waals surface area contributed by atoms with Crippen molar-refractivity contribution >= 4 is 21.8 Å². The minimum absolute atomic E-state index is 0.0431. The van der Waals surface area contributed by atoms with Crippen LogP contribution in [0.15, 0.2) is 30.3 Å². The minimum atomic E-state index is -3.94. The molecule has 2 atom stereocenters. The summed E-state index contributed by atoms with van der Waals surface area (Å²) in [7, 11) is -3.94. The summed E-state index contributed by atoms with van der Waals surface area (Å²) in [5.41, 5.74) is 0.929. The Kier molecular flexibility index (Phi) is 4.99. The Bertz CT molecular complexity index is 837. The van der Waals surface area contributed by atoms with Gasteiger partial charge in [-0.15, -0.1) is 0 Å². The van der Waals surface area contributed by atoms with Gasteiger partial charge in [0, 0.05) is 13.0 Å². The molecule has 1 aliphatic heterocycles. The van der Waals surface area contributed by atoms with Crippen LogP contribution in [0.2, 0.25) is 0 Å². The van der Waals surface area contributed by atoms with Crippen molar-refractivity contribution < 1.29 is 23.4 Å². The number of amides is 1. The number of rotatable bonds is 4. The Morgan fingerprint density at radius 1 is 1.31 bits per heavy atom. The number of benzene rings is 1. The second-order valence-electron chi connectivity index (χ2n) is 6.80. The van der Waals surface area contributed by atoms with Crippen molar-refractivity contribution in [2.45, 2.75) is 45.1 Å². The number of nitrogens with zero attached hydrogens (tertiary/aromatic N) is 1. The van der Waals surface area contributed by atoms with Crippen molar-refractivity contribution in [3.63, 3.8) is 0 Å². The van der Waals surface area contributed by atoms with E-state index in [1.807, 2.05) is 4.72 Å². The van der Waals surface area contributed by atoms with Crippen molar-refractivity contribution in [1.82, 2.24) is 10.0 Å². The van der Waals surface area contributed by atoms with Crippen LogP contribution in [0, 0.1) is 5.92 Å². The number of carbonyl (C=O) groups is 1. The molecule has 1 aliphatic carbocycles. The zero-order valence-electron chi connectivity index (χ0n) is 14.5. The molecule has 1 heterocycles. The predicted octanol–water partition coefficient (Wildman–Crippen LogP) is 1.64. The normalized spacial score (nSPS) is 24.7. The third kappa shape index (κ3) is 3.87. The number of phenols is 1. The highest BCUT2D eigenvalue weighted by Gasteiger charge is 2.31. The highest BCUT2D eigenvalue weighted by Crippen LogP contribution is 2.34. The zero-order valence-corrected chi connectivity index (χ0v) is 15.3. The highest BCUT2D eigenvalue weighted by atomic mass is 32.2. The molecule has 3 rings (SSSR count). The molecule has 0 bridgehead atoms. The quantitative estimate of drug-likeness (QED) is 0.632. The van der Waals surface area contributed by atoms with E-state index in [1.165, 1.54) is 19.1 Å². The molecule has 142 valence electrons. The summed E-state index contributed by atoms with van der Waals surface area (Å²) >= 11 is 0. The summed E-state index contributed by atoms with van der Waals surface area (Å²) in [6.07, 6.45) is 5.81. The van der Waals surface area contributed by atoms with Gasteiger partial charge in [0.2, 0.25) is 11.8 Å². The zero-order chi connectivity index (χ0) is 18.9. The van der Waals surface area contributed by atoms with Crippen LogP contribution >= 0.6 is 0 Å². The molecule has 1 amide bonds. The summed E-state index contributed by atoms with van der Waals surface area (Å²) in [6, 6.07) is 4.92. The molecule has 1 aromatic rings. The Morgan fingerprint density at radius 2 is 2.04 bits per heavy atom. The lowest BCUT2D eigenvalue weighted by atomic mass is 9.80. The molecule has 8 nitrogen and oxygen atoms in total. The fourth-order valence-corrected chi connectivity index (χ4v) is 4.74. The van der Waals surface area contributed by atoms with Gasteiger partial charge in [-0.2, -0.15) is 8.42 Å². The van der Waals surface area contributed by atoms with Crippen LogP contribution in [-0.2, 0) is 21.4 Å². The number of carbonyl (C=O) groups excluding carboxylic acids is 1. The smallest absolute Gasteiger partial charge is 0.330 e. The second kappa shape index (κ2) is 7.06. The maximum Gasteiger partial charge on any atom is 0.330 e. The van der Waals surface area contributed by atoms with E-state index >= 15 is 0 Å². The predicted molar refractivity (Wildman–Crippen MR) is 96.6 cm³/mol. The van der Waals surface area contributed by atoms with Crippen LogP contribution < -0.4 is 14.3 Å². The van der Waals surface area contributed by atoms with Crippen LogP contribution in [0.4, 0.5) is 5.69 Å². The monoisotopic (exact) mass is 381 g/mol. The third-order valence-electron chi connectivity index (χ3n) is 4.80. The number of aliphatic hydroxyl groups excluding tert-OH is 1. The Morgan fingerprint density at radius 3 is 2.65 bits per heavy atom. The van der Waals surface area contributed by atoms with Gasteiger partial charge in [-0.1, -0.05) is 18.9 Å². The van der Waals surface area contributed by atoms with Crippen LogP contribution in [0.25, 0.3) is 0 Å². The molecule has 26 heavy (non-hydrogen) atoms. The van der Waals surface area contributed by atoms with Gasteiger partial charge >= 0.3 is 10.2 Å². The first-order valence-corrected chi connectivity index (χ1v) is 10.0. The Labute approximate surface area is 152 Å². The molecule has 0 spiro atoms. The number of hydrogen-bond donors (Lipinski definition) is 4. The first kappa shape index (κ1) is 18.4. The molecule has 0 aromatic heterocycles. The average molecular weight is 381 g/mol. The van der Waals surface area contributed by atoms with Crippen LogP contribution in [0.5, 0.6) is 5.75 Å². The van der Waals surface area contributed by atoms with E-state index in [2.05, 4.69) is 5.32 Å². The molecule has 9 heteroatoms. The molecular weight excluding hydrogens is 358 g/mol. The lowest BCUT2D eigenvalue weighted by Gasteiger charge is -2.32. The number of nitrogens with one attached hydrogen (secondary N) is 2. The molecule has 1 fully saturated rings. The van der Waals surface area contributed by atoms with Gasteiger partial charge in [0.25, 0.3) is 0 Å². The summed E-state index contributed by atoms with van der Waals surface area (Å²) in [5.74, 6) is -0.461. The third-order valence-corrected chi connectivity index (χ3v) is 6.09. The molecule has 2 aliphatic rings. The first-order valence-electron chi connectivity index (χ1n) is 8.58. The van der Waals surface area contributed by atoms with Gasteiger partial charge in [0.15, 0.2) is 0 Å². The number of phenolic OH excluding ortho intramolecular Hbond substituents is 1. The van der Waals surface area contributed by atoms with Crippen molar-refractivity contribution in [2.24, 2.45) is 5.92 Å². The molecule has 1 aromatic carbocycles. The Hall–Kier alpha value is -2.42. The fraction of sp³-hybridized carbons (Fsp3) is 0.471. The average Bonchev–Trinajstić information content (AvgIpc) is 2.81. The van der Waals surface area contributed by atoms with Gasteiger partial charge in [-0.25, -0.2) is 9.03 Å². The summed E-state index contributed by atoms with van der Waals surface area (Å²) in [5, 5.41) is 22.7. The number of aliphatic hydroxyl groups is 1. The molecule has 4 N–H and O–H groups in total. The van der Waals surface area contributed by atoms with E-state index in [0.29, 0.717) is 6.42 Å². The summed E-state index contributed by atoms with van der Waals surface area (Å²) in [4.78, 5) is 11.4. The SMILES string of the molecule is CC(=O)N[C@@H]1CCCC[C@H]1Cc1ccc(N2C=C(O)NS2(=O)=O)c(O)c1. The molecule has 1 saturated carbocycles. The van der Waals surface area contributed by atoms with E-state index in [-0.39, 0.29) is 29.3 Å². The fourth-order valence-electron chi connectivity index (χ4n) is 3.68. The van der Waals surface area contributed by atoms with E-state index in [4.69, 9.17) is 0 Å². The maximum absolute atomic E-state index is 11.9. The van der Waals surface area contributed by atoms with Crippen molar-refractivity contribution in [3.8, 4) is 5.75 Å². The van der Waals surface area contributed by atoms with Crippen molar-refractivity contribution in [3.05, 3.63) is 35.8 Å². The van der Waals surface area contributed by atoms with Gasteiger partial charge in [-0.05, 0) is 42.9 Å². The lowest BCUT2D eigenvalue weighted by molar-refractivity contribution is -0.120. The summed E-state index contributed by atoms with van der Waals surface area (Å²) in [6.45, 7) is 1.51. The Balaban J connectivity index is 1.78. The first-order chi connectivity index (χ1) is 12.3. The number of hydrogen-bond acceptors (Lipinski definition) is 5. The standard InChI is InChI=1S/C17H23N3O5S/c1-11(21)18-14-5-3-2-4-13(14)8-12-6-7-15(16(22)9-12)20-10-17(23)19-26(20,24)25/h6-7,9-10,13-14,19,22-23H,2-5,8H2,1H3,(H,18,21)/t13-,14+/m0/s1. The molecule has 0 saturated heterocycles. The van der Waals surface area contributed by atoms with Crippen LogP contribution in [-0.4, -0.2) is 30.6 Å². The van der Waals surface area contributed by atoms with Gasteiger partial charge in [0.05, 0.1) is 6.20 Å². The number of anilines is 1. The van der Waals surface area contributed by atoms with Crippen molar-refractivity contribution in [2.75, 3.05) is 4.31 Å². The lowest BCUT2D eigenvalue weighted by Crippen LogP contribution is -2.41. The van der Waals surface area contributed by atoms with E-state index in [0.717, 1.165) is 41.8 Å². The van der Waals surface area contributed by atoms with E-state index in [1.54, 1.807) is 6.07 Å². The summed E-state index contributed by atoms with van der Waals surface area (Å²) < 4.78 is 26.6. The maximum atomic E-state index is 11.9. The topological polar surface area (TPSA) is 119 Å². The highest BCUT2D eigenvalue weighted by molar-refractivity contribution is 7.91.